The molecule has 7 nitrogen and oxygen atoms in total. The molecule has 0 aromatic heterocycles. The predicted octanol–water partition coefficient (Wildman–Crippen LogP) is 1.62. The predicted molar refractivity (Wildman–Crippen MR) is 106 cm³/mol. The summed E-state index contributed by atoms with van der Waals surface area (Å²) in [5, 5.41) is 22.6. The highest BCUT2D eigenvalue weighted by Gasteiger charge is 2.69. The number of esters is 1. The van der Waals surface area contributed by atoms with E-state index < -0.39 is 17.1 Å². The van der Waals surface area contributed by atoms with Gasteiger partial charge in [0.15, 0.2) is 0 Å². The van der Waals surface area contributed by atoms with Gasteiger partial charge in [0.1, 0.15) is 16.8 Å². The number of rotatable bonds is 3. The quantitative estimate of drug-likeness (QED) is 0.750. The zero-order valence-electron chi connectivity index (χ0n) is 17.1. The summed E-state index contributed by atoms with van der Waals surface area (Å²) in [5.74, 6) is 0.477. The smallest absolute Gasteiger partial charge is 0.319 e. The Bertz CT molecular complexity index is 899. The zero-order valence-corrected chi connectivity index (χ0v) is 17.1. The van der Waals surface area contributed by atoms with E-state index >= 15 is 0 Å². The number of nitrogens with zero attached hydrogens (tertiary/aromatic N) is 2. The average Bonchev–Trinajstić information content (AvgIpc) is 3.00. The summed E-state index contributed by atoms with van der Waals surface area (Å²) < 4.78 is 10.7. The van der Waals surface area contributed by atoms with E-state index in [1.165, 1.54) is 7.11 Å². The fourth-order valence-electron chi connectivity index (χ4n) is 6.55. The van der Waals surface area contributed by atoms with Crippen molar-refractivity contribution < 1.29 is 24.5 Å². The summed E-state index contributed by atoms with van der Waals surface area (Å²) in [4.78, 5) is 20.6. The van der Waals surface area contributed by atoms with Crippen LogP contribution in [-0.4, -0.2) is 66.2 Å². The lowest BCUT2D eigenvalue weighted by atomic mass is 9.54. The van der Waals surface area contributed by atoms with E-state index in [0.717, 1.165) is 13.0 Å². The molecule has 3 saturated heterocycles. The molecule has 7 atom stereocenters. The van der Waals surface area contributed by atoms with Crippen LogP contribution in [0.1, 0.15) is 31.7 Å². The van der Waals surface area contributed by atoms with Crippen LogP contribution in [0.3, 0.4) is 0 Å². The summed E-state index contributed by atoms with van der Waals surface area (Å²) in [7, 11) is 2.99. The number of fused-ring (bicyclic) bond motifs is 4. The number of carbonyl (C=O) groups excluding carboxylic acids is 1. The molecule has 6 rings (SSSR count). The van der Waals surface area contributed by atoms with Crippen LogP contribution < -0.4 is 4.74 Å². The van der Waals surface area contributed by atoms with Gasteiger partial charge in [0.05, 0.1) is 31.7 Å². The van der Waals surface area contributed by atoms with Crippen LogP contribution in [0.25, 0.3) is 0 Å². The van der Waals surface area contributed by atoms with Crippen molar-refractivity contribution in [1.82, 2.24) is 4.90 Å². The second kappa shape index (κ2) is 6.27. The van der Waals surface area contributed by atoms with Gasteiger partial charge in [-0.2, -0.15) is 0 Å². The van der Waals surface area contributed by atoms with Gasteiger partial charge >= 0.3 is 5.97 Å². The van der Waals surface area contributed by atoms with Gasteiger partial charge in [-0.15, -0.1) is 0 Å². The third-order valence-electron chi connectivity index (χ3n) is 7.64. The lowest BCUT2D eigenvalue weighted by Crippen LogP contribution is -2.69. The maximum absolute atomic E-state index is 13.4. The number of benzene rings is 1. The number of carbonyl (C=O) groups is 1. The summed E-state index contributed by atoms with van der Waals surface area (Å²) in [6.07, 6.45) is 1.37. The maximum Gasteiger partial charge on any atom is 0.319 e. The van der Waals surface area contributed by atoms with Crippen LogP contribution in [0.2, 0.25) is 0 Å². The third-order valence-corrected chi connectivity index (χ3v) is 7.64. The Morgan fingerprint density at radius 3 is 2.86 bits per heavy atom. The first-order chi connectivity index (χ1) is 13.8. The minimum Gasteiger partial charge on any atom is -0.497 e. The second-order valence-corrected chi connectivity index (χ2v) is 9.07. The summed E-state index contributed by atoms with van der Waals surface area (Å²) in [6, 6.07) is 5.25. The summed E-state index contributed by atoms with van der Waals surface area (Å²) in [6.45, 7) is 3.31. The van der Waals surface area contributed by atoms with Crippen molar-refractivity contribution in [2.75, 3.05) is 27.3 Å². The molecule has 156 valence electrons. The minimum atomic E-state index is -1.35. The zero-order chi connectivity index (χ0) is 20.6. The Morgan fingerprint density at radius 1 is 1.38 bits per heavy atom. The Balaban J connectivity index is 1.74. The fraction of sp³-hybridized carbons (Fsp3) is 0.636. The van der Waals surface area contributed by atoms with Crippen molar-refractivity contribution in [3.8, 4) is 5.75 Å². The number of methoxy groups -OCH3 is 2. The van der Waals surface area contributed by atoms with Crippen molar-refractivity contribution in [1.29, 1.82) is 0 Å². The summed E-state index contributed by atoms with van der Waals surface area (Å²) >= 11 is 0. The standard InChI is InChI=1S/C22H28N2O5/c1-12(25)15-8-13-10-21(20(26)29-3)18(15)24(11-13)7-6-22(27)16-9-14(28-2)4-5-17(16)23-19(21)22/h4-5,9,12-13,15,18,25,27H,6-8,10-11H2,1-3H3/t12-,13-,15?,18+,21+,22-/m1/s1. The molecule has 4 fully saturated rings. The van der Waals surface area contributed by atoms with Crippen LogP contribution in [-0.2, 0) is 15.1 Å². The minimum absolute atomic E-state index is 0.0649. The molecule has 7 heteroatoms. The van der Waals surface area contributed by atoms with Crippen molar-refractivity contribution in [2.24, 2.45) is 22.2 Å². The van der Waals surface area contributed by atoms with Gasteiger partial charge in [-0.05, 0) is 50.3 Å². The molecule has 1 aliphatic carbocycles. The SMILES string of the molecule is COC(=O)[C@@]12C[C@H]3CC([C@@H](C)O)[C@@H]1N(CC[C@]1(O)C2=Nc2ccc(OC)cc21)C3. The molecular formula is C22H28N2O5. The number of hydrogen-bond acceptors (Lipinski definition) is 7. The van der Waals surface area contributed by atoms with E-state index in [1.807, 2.05) is 18.2 Å². The van der Waals surface area contributed by atoms with Crippen LogP contribution in [0.15, 0.2) is 23.2 Å². The number of piperidine rings is 2. The Morgan fingerprint density at radius 2 is 2.17 bits per heavy atom. The van der Waals surface area contributed by atoms with Gasteiger partial charge < -0.3 is 19.7 Å². The lowest BCUT2D eigenvalue weighted by Gasteiger charge is -2.58. The molecule has 0 spiro atoms. The van der Waals surface area contributed by atoms with Gasteiger partial charge in [0, 0.05) is 30.6 Å². The molecule has 1 aromatic rings. The molecule has 1 saturated carbocycles. The third kappa shape index (κ3) is 2.35. The van der Waals surface area contributed by atoms with Crippen LogP contribution in [0, 0.1) is 17.3 Å². The van der Waals surface area contributed by atoms with Crippen molar-refractivity contribution in [2.45, 2.75) is 43.9 Å². The molecule has 2 N–H and O–H groups in total. The highest BCUT2D eigenvalue weighted by Crippen LogP contribution is 2.60. The maximum atomic E-state index is 13.4. The van der Waals surface area contributed by atoms with E-state index in [0.29, 0.717) is 42.1 Å². The topological polar surface area (TPSA) is 91.6 Å². The van der Waals surface area contributed by atoms with Crippen molar-refractivity contribution in [3.63, 3.8) is 0 Å². The van der Waals surface area contributed by atoms with E-state index in [-0.39, 0.29) is 23.8 Å². The van der Waals surface area contributed by atoms with Crippen LogP contribution >= 0.6 is 0 Å². The molecule has 0 radical (unpaired) electrons. The van der Waals surface area contributed by atoms with E-state index in [9.17, 15) is 15.0 Å². The number of aliphatic imine (C=N–C) groups is 1. The van der Waals surface area contributed by atoms with Gasteiger partial charge in [-0.3, -0.25) is 14.7 Å². The molecule has 4 bridgehead atoms. The first-order valence-corrected chi connectivity index (χ1v) is 10.4. The highest BCUT2D eigenvalue weighted by molar-refractivity contribution is 6.15. The van der Waals surface area contributed by atoms with Crippen molar-refractivity contribution >= 4 is 17.4 Å². The molecule has 29 heavy (non-hydrogen) atoms. The first-order valence-electron chi connectivity index (χ1n) is 10.4. The molecule has 0 amide bonds. The van der Waals surface area contributed by atoms with Crippen LogP contribution in [0.5, 0.6) is 5.75 Å². The van der Waals surface area contributed by atoms with E-state index in [1.54, 1.807) is 14.0 Å². The molecule has 1 aromatic carbocycles. The van der Waals surface area contributed by atoms with E-state index in [4.69, 9.17) is 14.5 Å². The Hall–Kier alpha value is -1.96. The Labute approximate surface area is 170 Å². The molecule has 4 aliphatic heterocycles. The number of aliphatic hydroxyl groups is 2. The largest absolute Gasteiger partial charge is 0.497 e. The van der Waals surface area contributed by atoms with Crippen LogP contribution in [0.4, 0.5) is 5.69 Å². The highest BCUT2D eigenvalue weighted by atomic mass is 16.5. The van der Waals surface area contributed by atoms with Gasteiger partial charge in [-0.1, -0.05) is 0 Å². The van der Waals surface area contributed by atoms with E-state index in [2.05, 4.69) is 4.90 Å². The fourth-order valence-corrected chi connectivity index (χ4v) is 6.55. The van der Waals surface area contributed by atoms with Gasteiger partial charge in [-0.25, -0.2) is 0 Å². The number of hydrogen-bond donors (Lipinski definition) is 2. The number of ether oxygens (including phenoxy) is 2. The molecule has 2 unspecified atom stereocenters. The average molecular weight is 400 g/mol. The summed E-state index contributed by atoms with van der Waals surface area (Å²) in [5.41, 5.74) is -0.554. The Kier molecular flexibility index (Phi) is 4.11. The molecular weight excluding hydrogens is 372 g/mol. The first kappa shape index (κ1) is 19.0. The number of aliphatic hydroxyl groups excluding tert-OH is 1. The van der Waals surface area contributed by atoms with Gasteiger partial charge in [0.25, 0.3) is 0 Å². The normalized spacial score (nSPS) is 40.4. The molecule has 5 aliphatic rings. The lowest BCUT2D eigenvalue weighted by molar-refractivity contribution is -0.168. The van der Waals surface area contributed by atoms with Gasteiger partial charge in [0.2, 0.25) is 0 Å². The second-order valence-electron chi connectivity index (χ2n) is 9.07. The monoisotopic (exact) mass is 400 g/mol. The van der Waals surface area contributed by atoms with Crippen molar-refractivity contribution in [3.05, 3.63) is 23.8 Å². The molecule has 4 heterocycles.